The number of carbonyl (C=O) groups is 1. The molecular weight excluding hydrogens is 372 g/mol. The van der Waals surface area contributed by atoms with Crippen LogP contribution in [0.5, 0.6) is 0 Å². The molecule has 0 N–H and O–H groups in total. The summed E-state index contributed by atoms with van der Waals surface area (Å²) in [7, 11) is 0. The maximum absolute atomic E-state index is 13.3. The summed E-state index contributed by atoms with van der Waals surface area (Å²) in [5.74, 6) is 1.06. The zero-order valence-corrected chi connectivity index (χ0v) is 18.2. The van der Waals surface area contributed by atoms with Crippen molar-refractivity contribution < 1.29 is 4.79 Å². The van der Waals surface area contributed by atoms with Crippen LogP contribution in [0.1, 0.15) is 50.7 Å². The lowest BCUT2D eigenvalue weighted by Crippen LogP contribution is -2.47. The molecule has 3 heterocycles. The quantitative estimate of drug-likeness (QED) is 0.702. The maximum atomic E-state index is 13.3. The van der Waals surface area contributed by atoms with Crippen LogP contribution >= 0.6 is 0 Å². The van der Waals surface area contributed by atoms with Gasteiger partial charge in [-0.15, -0.1) is 0 Å². The lowest BCUT2D eigenvalue weighted by atomic mass is 9.60. The predicted octanol–water partition coefficient (Wildman–Crippen LogP) is 4.52. The average molecular weight is 405 g/mol. The highest BCUT2D eigenvalue weighted by Gasteiger charge is 2.46. The molecule has 3 atom stereocenters. The summed E-state index contributed by atoms with van der Waals surface area (Å²) in [6.45, 7) is 8.41. The third-order valence-corrected chi connectivity index (χ3v) is 8.05. The molecule has 5 heteroatoms. The Labute approximate surface area is 179 Å². The van der Waals surface area contributed by atoms with E-state index < -0.39 is 0 Å². The third kappa shape index (κ3) is 3.28. The maximum Gasteiger partial charge on any atom is 0.320 e. The first kappa shape index (κ1) is 19.5. The smallest absolute Gasteiger partial charge is 0.320 e. The molecule has 2 aromatic rings. The van der Waals surface area contributed by atoms with Crippen LogP contribution < -0.4 is 0 Å². The topological polar surface area (TPSA) is 49.3 Å². The molecule has 1 aromatic carbocycles. The van der Waals surface area contributed by atoms with Crippen molar-refractivity contribution in [3.8, 4) is 11.3 Å². The van der Waals surface area contributed by atoms with Crippen LogP contribution in [0.3, 0.4) is 0 Å². The minimum atomic E-state index is 0.0816. The van der Waals surface area contributed by atoms with E-state index in [1.54, 1.807) is 12.5 Å². The fraction of sp³-hybridized carbons (Fsp3) is 0.560. The van der Waals surface area contributed by atoms with Crippen LogP contribution in [0.25, 0.3) is 11.3 Å². The monoisotopic (exact) mass is 404 g/mol. The van der Waals surface area contributed by atoms with Crippen molar-refractivity contribution in [2.45, 2.75) is 51.4 Å². The third-order valence-electron chi connectivity index (χ3n) is 8.05. The molecule has 2 amide bonds. The van der Waals surface area contributed by atoms with E-state index >= 15 is 0 Å². The Kier molecular flexibility index (Phi) is 5.00. The van der Waals surface area contributed by atoms with Crippen LogP contribution in [0.4, 0.5) is 4.79 Å². The number of hydrogen-bond acceptors (Lipinski definition) is 3. The molecule has 2 fully saturated rings. The van der Waals surface area contributed by atoms with Gasteiger partial charge in [0.15, 0.2) is 0 Å². The molecule has 3 aliphatic rings. The van der Waals surface area contributed by atoms with Gasteiger partial charge in [0.2, 0.25) is 0 Å². The van der Waals surface area contributed by atoms with Crippen molar-refractivity contribution >= 4 is 6.03 Å². The number of rotatable bonds is 1. The largest absolute Gasteiger partial charge is 0.325 e. The number of amides is 2. The molecule has 158 valence electrons. The summed E-state index contributed by atoms with van der Waals surface area (Å²) in [6, 6.07) is 9.09. The van der Waals surface area contributed by atoms with Gasteiger partial charge in [0.05, 0.1) is 5.69 Å². The van der Waals surface area contributed by atoms with Crippen LogP contribution in [0.2, 0.25) is 0 Å². The molecule has 2 aliphatic heterocycles. The summed E-state index contributed by atoms with van der Waals surface area (Å²) >= 11 is 0. The minimum absolute atomic E-state index is 0.0816. The van der Waals surface area contributed by atoms with Crippen molar-refractivity contribution in [1.82, 2.24) is 19.8 Å². The van der Waals surface area contributed by atoms with E-state index in [0.29, 0.717) is 11.8 Å². The molecule has 0 saturated carbocycles. The lowest BCUT2D eigenvalue weighted by Gasteiger charge is -2.44. The normalized spacial score (nSPS) is 28.6. The van der Waals surface area contributed by atoms with E-state index in [2.05, 4.69) is 51.8 Å². The first-order valence-electron chi connectivity index (χ1n) is 11.5. The van der Waals surface area contributed by atoms with E-state index in [4.69, 9.17) is 0 Å². The van der Waals surface area contributed by atoms with Crippen LogP contribution in [-0.2, 0) is 11.8 Å². The molecule has 30 heavy (non-hydrogen) atoms. The number of likely N-dealkylation sites (tertiary alicyclic amines) is 2. The molecular formula is C25H32N4O. The molecule has 2 bridgehead atoms. The Bertz CT molecular complexity index is 924. The number of benzene rings is 1. The summed E-state index contributed by atoms with van der Waals surface area (Å²) < 4.78 is 0. The van der Waals surface area contributed by atoms with Gasteiger partial charge >= 0.3 is 6.03 Å². The van der Waals surface area contributed by atoms with Crippen LogP contribution in [0, 0.1) is 11.8 Å². The Balaban J connectivity index is 1.45. The lowest BCUT2D eigenvalue weighted by molar-refractivity contribution is 0.136. The number of fused-ring (bicyclic) bond motifs is 4. The summed E-state index contributed by atoms with van der Waals surface area (Å²) in [5, 5.41) is 0. The Hall–Kier alpha value is -2.43. The summed E-state index contributed by atoms with van der Waals surface area (Å²) in [4.78, 5) is 26.0. The van der Waals surface area contributed by atoms with Gasteiger partial charge in [-0.05, 0) is 72.6 Å². The Morgan fingerprint density at radius 1 is 1.10 bits per heavy atom. The number of urea groups is 1. The average Bonchev–Trinajstić information content (AvgIpc) is 2.88. The second kappa shape index (κ2) is 7.68. The van der Waals surface area contributed by atoms with Gasteiger partial charge in [0.1, 0.15) is 6.33 Å². The van der Waals surface area contributed by atoms with E-state index in [0.717, 1.165) is 63.1 Å². The van der Waals surface area contributed by atoms with E-state index in [1.807, 2.05) is 6.07 Å². The van der Waals surface area contributed by atoms with Crippen molar-refractivity contribution in [1.29, 1.82) is 0 Å². The van der Waals surface area contributed by atoms with Gasteiger partial charge in [-0.25, -0.2) is 14.8 Å². The molecule has 2 saturated heterocycles. The van der Waals surface area contributed by atoms with Gasteiger partial charge in [0, 0.05) is 37.9 Å². The first-order chi connectivity index (χ1) is 14.6. The molecule has 5 nitrogen and oxygen atoms in total. The minimum Gasteiger partial charge on any atom is -0.325 e. The van der Waals surface area contributed by atoms with Crippen molar-refractivity contribution in [2.75, 3.05) is 26.2 Å². The number of aromatic nitrogens is 2. The zero-order valence-electron chi connectivity index (χ0n) is 18.2. The van der Waals surface area contributed by atoms with E-state index in [1.165, 1.54) is 17.5 Å². The van der Waals surface area contributed by atoms with Crippen molar-refractivity contribution in [3.63, 3.8) is 0 Å². The fourth-order valence-corrected chi connectivity index (χ4v) is 5.92. The Morgan fingerprint density at radius 3 is 2.70 bits per heavy atom. The highest BCUT2D eigenvalue weighted by Crippen LogP contribution is 2.49. The molecule has 5 rings (SSSR count). The molecule has 1 aliphatic carbocycles. The van der Waals surface area contributed by atoms with Gasteiger partial charge < -0.3 is 9.80 Å². The molecule has 1 aromatic heterocycles. The summed E-state index contributed by atoms with van der Waals surface area (Å²) in [5.41, 5.74) is 5.12. The number of hydrogen-bond donors (Lipinski definition) is 0. The van der Waals surface area contributed by atoms with E-state index in [9.17, 15) is 4.79 Å². The zero-order chi connectivity index (χ0) is 20.7. The molecule has 0 radical (unpaired) electrons. The molecule has 0 unspecified atom stereocenters. The standard InChI is InChI=1S/C25H32N4O/c1-18-21-14-19-6-7-20(23-8-10-26-17-27-23)15-22(19)25(18,2)9-13-29(16-21)24(30)28-11-4-3-5-12-28/h6-8,10,15,17-18,21H,3-5,9,11-14,16H2,1-2H3/t18-,21+,25-/m1/s1. The second-order valence-electron chi connectivity index (χ2n) is 9.66. The second-order valence-corrected chi connectivity index (χ2v) is 9.66. The van der Waals surface area contributed by atoms with Crippen molar-refractivity contribution in [3.05, 3.63) is 47.9 Å². The number of nitrogens with zero attached hydrogens (tertiary/aromatic N) is 4. The van der Waals surface area contributed by atoms with Crippen molar-refractivity contribution in [2.24, 2.45) is 11.8 Å². The van der Waals surface area contributed by atoms with Gasteiger partial charge in [-0.3, -0.25) is 0 Å². The van der Waals surface area contributed by atoms with E-state index in [-0.39, 0.29) is 11.4 Å². The summed E-state index contributed by atoms with van der Waals surface area (Å²) in [6.07, 6.45) is 9.04. The first-order valence-corrected chi connectivity index (χ1v) is 11.5. The number of carbonyl (C=O) groups excluding carboxylic acids is 1. The predicted molar refractivity (Wildman–Crippen MR) is 118 cm³/mol. The molecule has 0 spiro atoms. The fourth-order valence-electron chi connectivity index (χ4n) is 5.92. The van der Waals surface area contributed by atoms with Crippen LogP contribution in [0.15, 0.2) is 36.8 Å². The van der Waals surface area contributed by atoms with Crippen LogP contribution in [-0.4, -0.2) is 52.0 Å². The van der Waals surface area contributed by atoms with Gasteiger partial charge in [-0.1, -0.05) is 26.0 Å². The number of piperidine rings is 1. The highest BCUT2D eigenvalue weighted by atomic mass is 16.2. The highest BCUT2D eigenvalue weighted by molar-refractivity contribution is 5.74. The van der Waals surface area contributed by atoms with Gasteiger partial charge in [-0.2, -0.15) is 0 Å². The Morgan fingerprint density at radius 2 is 1.93 bits per heavy atom. The van der Waals surface area contributed by atoms with Gasteiger partial charge in [0.25, 0.3) is 0 Å². The SMILES string of the molecule is C[C@@H]1[C@H]2Cc3ccc(-c4ccncn4)cc3[C@]1(C)CCN(C(=O)N1CCCCC1)C2.